The van der Waals surface area contributed by atoms with Gasteiger partial charge in [0.2, 0.25) is 0 Å². The van der Waals surface area contributed by atoms with E-state index in [0.717, 1.165) is 19.1 Å². The highest BCUT2D eigenvalue weighted by Crippen LogP contribution is 2.32. The lowest BCUT2D eigenvalue weighted by atomic mass is 9.83. The molecule has 3 nitrogen and oxygen atoms in total. The van der Waals surface area contributed by atoms with Crippen LogP contribution >= 0.6 is 0 Å². The van der Waals surface area contributed by atoms with Gasteiger partial charge in [-0.1, -0.05) is 26.2 Å². The summed E-state index contributed by atoms with van der Waals surface area (Å²) in [4.78, 5) is 2.77. The van der Waals surface area contributed by atoms with Crippen LogP contribution in [-0.4, -0.2) is 49.3 Å². The second kappa shape index (κ2) is 7.94. The van der Waals surface area contributed by atoms with E-state index in [9.17, 15) is 0 Å². The molecule has 0 amide bonds. The molecule has 3 heteroatoms. The fourth-order valence-electron chi connectivity index (χ4n) is 4.73. The monoisotopic (exact) mass is 294 g/mol. The topological polar surface area (TPSA) is 24.5 Å². The van der Waals surface area contributed by atoms with Crippen molar-refractivity contribution in [1.82, 2.24) is 10.2 Å². The van der Waals surface area contributed by atoms with E-state index in [1.165, 1.54) is 70.9 Å². The van der Waals surface area contributed by atoms with Crippen LogP contribution in [0.5, 0.6) is 0 Å². The molecule has 0 spiro atoms. The van der Waals surface area contributed by atoms with E-state index in [4.69, 9.17) is 4.74 Å². The second-order valence-electron chi connectivity index (χ2n) is 7.36. The Morgan fingerprint density at radius 3 is 2.76 bits per heavy atom. The minimum absolute atomic E-state index is 0.539. The molecule has 0 bridgehead atoms. The van der Waals surface area contributed by atoms with Crippen molar-refractivity contribution >= 4 is 0 Å². The molecule has 3 atom stereocenters. The van der Waals surface area contributed by atoms with Gasteiger partial charge in [-0.2, -0.15) is 0 Å². The van der Waals surface area contributed by atoms with Crippen LogP contribution in [0.25, 0.3) is 0 Å². The minimum atomic E-state index is 0.539. The van der Waals surface area contributed by atoms with Gasteiger partial charge in [0, 0.05) is 25.2 Å². The van der Waals surface area contributed by atoms with Crippen LogP contribution in [0.1, 0.15) is 64.7 Å². The third kappa shape index (κ3) is 4.00. The van der Waals surface area contributed by atoms with Crippen LogP contribution < -0.4 is 5.32 Å². The standard InChI is InChI=1S/C18H34N2O/c1-2-11-19-16(15-7-4-3-5-8-15)14-20-12-13-21-18-10-6-9-17(18)20/h15-19H,2-14H2,1H3. The average molecular weight is 294 g/mol. The number of hydrogen-bond donors (Lipinski definition) is 1. The van der Waals surface area contributed by atoms with Crippen molar-refractivity contribution in [2.75, 3.05) is 26.2 Å². The first kappa shape index (κ1) is 15.8. The van der Waals surface area contributed by atoms with Crippen molar-refractivity contribution in [2.24, 2.45) is 5.92 Å². The molecule has 1 saturated heterocycles. The van der Waals surface area contributed by atoms with Gasteiger partial charge in [-0.3, -0.25) is 4.90 Å². The molecule has 2 aliphatic carbocycles. The van der Waals surface area contributed by atoms with E-state index >= 15 is 0 Å². The first-order valence-corrected chi connectivity index (χ1v) is 9.47. The molecule has 3 aliphatic rings. The Labute approximate surface area is 130 Å². The molecule has 21 heavy (non-hydrogen) atoms. The minimum Gasteiger partial charge on any atom is -0.375 e. The first-order valence-electron chi connectivity index (χ1n) is 9.47. The van der Waals surface area contributed by atoms with E-state index in [-0.39, 0.29) is 0 Å². The molecule has 1 heterocycles. The maximum Gasteiger partial charge on any atom is 0.0730 e. The Kier molecular flexibility index (Phi) is 5.96. The van der Waals surface area contributed by atoms with E-state index in [0.29, 0.717) is 18.2 Å². The van der Waals surface area contributed by atoms with Gasteiger partial charge in [-0.25, -0.2) is 0 Å². The molecule has 3 rings (SSSR count). The SMILES string of the molecule is CCCNC(CN1CCOC2CCCC21)C1CCCCC1. The Morgan fingerprint density at radius 2 is 1.95 bits per heavy atom. The largest absolute Gasteiger partial charge is 0.375 e. The van der Waals surface area contributed by atoms with Gasteiger partial charge in [0.15, 0.2) is 0 Å². The molecule has 0 aromatic carbocycles. The Morgan fingerprint density at radius 1 is 1.10 bits per heavy atom. The van der Waals surface area contributed by atoms with Gasteiger partial charge < -0.3 is 10.1 Å². The number of nitrogens with zero attached hydrogens (tertiary/aromatic N) is 1. The summed E-state index contributed by atoms with van der Waals surface area (Å²) in [6.45, 7) is 6.83. The van der Waals surface area contributed by atoms with Gasteiger partial charge in [-0.15, -0.1) is 0 Å². The number of fused-ring (bicyclic) bond motifs is 1. The zero-order valence-electron chi connectivity index (χ0n) is 13.9. The summed E-state index contributed by atoms with van der Waals surface area (Å²) in [5.74, 6) is 0.910. The van der Waals surface area contributed by atoms with Gasteiger partial charge in [0.25, 0.3) is 0 Å². The van der Waals surface area contributed by atoms with E-state index < -0.39 is 0 Å². The van der Waals surface area contributed by atoms with Gasteiger partial charge in [-0.05, 0) is 51.0 Å². The van der Waals surface area contributed by atoms with Gasteiger partial charge in [0.1, 0.15) is 0 Å². The average Bonchev–Trinajstić information content (AvgIpc) is 3.01. The number of rotatable bonds is 6. The van der Waals surface area contributed by atoms with E-state index in [2.05, 4.69) is 17.1 Å². The van der Waals surface area contributed by atoms with Crippen LogP contribution in [0.3, 0.4) is 0 Å². The highest BCUT2D eigenvalue weighted by atomic mass is 16.5. The molecule has 0 radical (unpaired) electrons. The summed E-state index contributed by atoms with van der Waals surface area (Å²) in [5.41, 5.74) is 0. The quantitative estimate of drug-likeness (QED) is 0.814. The van der Waals surface area contributed by atoms with Crippen molar-refractivity contribution in [3.63, 3.8) is 0 Å². The van der Waals surface area contributed by atoms with E-state index in [1.807, 2.05) is 0 Å². The van der Waals surface area contributed by atoms with Crippen molar-refractivity contribution in [3.8, 4) is 0 Å². The van der Waals surface area contributed by atoms with E-state index in [1.54, 1.807) is 0 Å². The van der Waals surface area contributed by atoms with Crippen molar-refractivity contribution in [3.05, 3.63) is 0 Å². The summed E-state index contributed by atoms with van der Waals surface area (Å²) in [6, 6.07) is 1.43. The molecule has 0 aromatic heterocycles. The third-order valence-corrected chi connectivity index (χ3v) is 5.90. The second-order valence-corrected chi connectivity index (χ2v) is 7.36. The maximum absolute atomic E-state index is 5.98. The fourth-order valence-corrected chi connectivity index (χ4v) is 4.73. The lowest BCUT2D eigenvalue weighted by molar-refractivity contribution is -0.0605. The Bertz CT molecular complexity index is 304. The maximum atomic E-state index is 5.98. The lowest BCUT2D eigenvalue weighted by Crippen LogP contribution is -2.55. The Hall–Kier alpha value is -0.120. The van der Waals surface area contributed by atoms with Crippen LogP contribution in [-0.2, 0) is 4.74 Å². The zero-order chi connectivity index (χ0) is 14.5. The number of ether oxygens (including phenoxy) is 1. The molecule has 2 saturated carbocycles. The molecular weight excluding hydrogens is 260 g/mol. The summed E-state index contributed by atoms with van der Waals surface area (Å²) in [5, 5.41) is 3.88. The molecular formula is C18H34N2O. The normalized spacial score (nSPS) is 33.0. The highest BCUT2D eigenvalue weighted by Gasteiger charge is 2.37. The van der Waals surface area contributed by atoms with Crippen LogP contribution in [0.2, 0.25) is 0 Å². The molecule has 0 aromatic rings. The fraction of sp³-hybridized carbons (Fsp3) is 1.00. The first-order chi connectivity index (χ1) is 10.4. The highest BCUT2D eigenvalue weighted by molar-refractivity contribution is 4.92. The lowest BCUT2D eigenvalue weighted by Gasteiger charge is -2.42. The summed E-state index contributed by atoms with van der Waals surface area (Å²) in [7, 11) is 0. The summed E-state index contributed by atoms with van der Waals surface area (Å²) < 4.78 is 5.98. The zero-order valence-corrected chi connectivity index (χ0v) is 13.9. The Balaban J connectivity index is 1.59. The van der Waals surface area contributed by atoms with Gasteiger partial charge >= 0.3 is 0 Å². The predicted octanol–water partition coefficient (Wildman–Crippen LogP) is 3.19. The number of morpholine rings is 1. The molecule has 3 unspecified atom stereocenters. The van der Waals surface area contributed by atoms with Crippen molar-refractivity contribution < 1.29 is 4.74 Å². The molecule has 122 valence electrons. The smallest absolute Gasteiger partial charge is 0.0730 e. The van der Waals surface area contributed by atoms with Crippen molar-refractivity contribution in [1.29, 1.82) is 0 Å². The van der Waals surface area contributed by atoms with Crippen molar-refractivity contribution in [2.45, 2.75) is 82.9 Å². The number of hydrogen-bond acceptors (Lipinski definition) is 3. The third-order valence-electron chi connectivity index (χ3n) is 5.90. The number of nitrogens with one attached hydrogen (secondary N) is 1. The van der Waals surface area contributed by atoms with Crippen LogP contribution in [0, 0.1) is 5.92 Å². The summed E-state index contributed by atoms with van der Waals surface area (Å²) in [6.07, 6.45) is 13.0. The van der Waals surface area contributed by atoms with Crippen LogP contribution in [0.15, 0.2) is 0 Å². The van der Waals surface area contributed by atoms with Gasteiger partial charge in [0.05, 0.1) is 12.7 Å². The molecule has 1 N–H and O–H groups in total. The molecule has 1 aliphatic heterocycles. The summed E-state index contributed by atoms with van der Waals surface area (Å²) >= 11 is 0. The predicted molar refractivity (Wildman–Crippen MR) is 87.6 cm³/mol. The van der Waals surface area contributed by atoms with Crippen LogP contribution in [0.4, 0.5) is 0 Å². The molecule has 3 fully saturated rings.